The number of carbonyl (C=O) groups excluding carboxylic acids is 2. The highest BCUT2D eigenvalue weighted by molar-refractivity contribution is 6.30. The Balaban J connectivity index is 1.39. The number of halogens is 1. The zero-order chi connectivity index (χ0) is 22.9. The molecule has 2 aliphatic heterocycles. The van der Waals surface area contributed by atoms with Crippen molar-refractivity contribution in [2.75, 3.05) is 19.6 Å². The first kappa shape index (κ1) is 22.8. The van der Waals surface area contributed by atoms with E-state index in [0.717, 1.165) is 37.5 Å². The Labute approximate surface area is 195 Å². The van der Waals surface area contributed by atoms with Crippen LogP contribution in [0.25, 0.3) is 0 Å². The zero-order valence-corrected chi connectivity index (χ0v) is 19.8. The van der Waals surface area contributed by atoms with Gasteiger partial charge in [0.2, 0.25) is 5.91 Å². The Morgan fingerprint density at radius 3 is 2.22 bits per heavy atom. The van der Waals surface area contributed by atoms with Crippen molar-refractivity contribution in [3.63, 3.8) is 0 Å². The molecule has 170 valence electrons. The number of piperidine rings is 1. The van der Waals surface area contributed by atoms with E-state index in [-0.39, 0.29) is 17.2 Å². The van der Waals surface area contributed by atoms with Crippen molar-refractivity contribution in [3.8, 4) is 0 Å². The zero-order valence-electron chi connectivity index (χ0n) is 19.1. The molecule has 6 heteroatoms. The average Bonchev–Trinajstić information content (AvgIpc) is 2.79. The van der Waals surface area contributed by atoms with E-state index in [2.05, 4.69) is 36.2 Å². The monoisotopic (exact) mass is 453 g/mol. The fourth-order valence-electron chi connectivity index (χ4n) is 5.26. The number of amides is 2. The Bertz CT molecular complexity index is 953. The molecule has 2 unspecified atom stereocenters. The molecular weight excluding hydrogens is 422 g/mol. The first-order valence-electron chi connectivity index (χ1n) is 11.5. The summed E-state index contributed by atoms with van der Waals surface area (Å²) in [5, 5.41) is 3.61. The second kappa shape index (κ2) is 9.24. The van der Waals surface area contributed by atoms with Crippen LogP contribution in [0.15, 0.2) is 54.6 Å². The SMILES string of the molecule is CC(NC(=O)c1ccccc1)C(=O)N1CCC2(CC1)CN(C(C)C)C2c1ccc(Cl)cc1. The molecule has 2 aliphatic rings. The molecule has 0 aliphatic carbocycles. The van der Waals surface area contributed by atoms with Gasteiger partial charge in [-0.2, -0.15) is 0 Å². The lowest BCUT2D eigenvalue weighted by Crippen LogP contribution is -2.64. The molecule has 4 rings (SSSR count). The lowest BCUT2D eigenvalue weighted by atomic mass is 9.62. The molecule has 5 nitrogen and oxygen atoms in total. The molecular formula is C26H32ClN3O2. The van der Waals surface area contributed by atoms with Crippen molar-refractivity contribution in [1.82, 2.24) is 15.1 Å². The van der Waals surface area contributed by atoms with Gasteiger partial charge in [-0.1, -0.05) is 41.9 Å². The second-order valence-corrected chi connectivity index (χ2v) is 9.91. The summed E-state index contributed by atoms with van der Waals surface area (Å²) in [5.74, 6) is -0.221. The van der Waals surface area contributed by atoms with Gasteiger partial charge in [0.05, 0.1) is 0 Å². The number of nitrogens with zero attached hydrogens (tertiary/aromatic N) is 2. The Morgan fingerprint density at radius 1 is 1.00 bits per heavy atom. The molecule has 32 heavy (non-hydrogen) atoms. The summed E-state index contributed by atoms with van der Waals surface area (Å²) >= 11 is 6.12. The van der Waals surface area contributed by atoms with Gasteiger partial charge in [-0.15, -0.1) is 0 Å². The molecule has 2 fully saturated rings. The highest BCUT2D eigenvalue weighted by Crippen LogP contribution is 2.55. The number of hydrogen-bond donors (Lipinski definition) is 1. The molecule has 1 N–H and O–H groups in total. The predicted molar refractivity (Wildman–Crippen MR) is 128 cm³/mol. The van der Waals surface area contributed by atoms with Crippen molar-refractivity contribution in [2.45, 2.75) is 51.7 Å². The molecule has 2 saturated heterocycles. The van der Waals surface area contributed by atoms with Crippen molar-refractivity contribution in [2.24, 2.45) is 5.41 Å². The highest BCUT2D eigenvalue weighted by atomic mass is 35.5. The predicted octanol–water partition coefficient (Wildman–Crippen LogP) is 4.53. The molecule has 0 radical (unpaired) electrons. The summed E-state index contributed by atoms with van der Waals surface area (Å²) in [6.45, 7) is 8.76. The van der Waals surface area contributed by atoms with Crippen LogP contribution in [0.5, 0.6) is 0 Å². The average molecular weight is 454 g/mol. The summed E-state index contributed by atoms with van der Waals surface area (Å²) in [7, 11) is 0. The van der Waals surface area contributed by atoms with Crippen LogP contribution in [0.3, 0.4) is 0 Å². The van der Waals surface area contributed by atoms with E-state index in [1.54, 1.807) is 19.1 Å². The quantitative estimate of drug-likeness (QED) is 0.723. The van der Waals surface area contributed by atoms with Crippen LogP contribution in [-0.2, 0) is 4.79 Å². The summed E-state index contributed by atoms with van der Waals surface area (Å²) < 4.78 is 0. The van der Waals surface area contributed by atoms with Gasteiger partial charge in [-0.25, -0.2) is 0 Å². The maximum absolute atomic E-state index is 13.0. The number of rotatable bonds is 5. The van der Waals surface area contributed by atoms with E-state index in [1.165, 1.54) is 5.56 Å². The summed E-state index contributed by atoms with van der Waals surface area (Å²) in [6.07, 6.45) is 1.93. The van der Waals surface area contributed by atoms with Crippen molar-refractivity contribution >= 4 is 23.4 Å². The maximum atomic E-state index is 13.0. The fraction of sp³-hybridized carbons (Fsp3) is 0.462. The van der Waals surface area contributed by atoms with Gasteiger partial charge < -0.3 is 10.2 Å². The highest BCUT2D eigenvalue weighted by Gasteiger charge is 2.54. The summed E-state index contributed by atoms with van der Waals surface area (Å²) in [6, 6.07) is 17.5. The first-order chi connectivity index (χ1) is 15.3. The van der Waals surface area contributed by atoms with Crippen LogP contribution in [0.1, 0.15) is 55.6 Å². The third kappa shape index (κ3) is 4.41. The standard InChI is InChI=1S/C26H32ClN3O2/c1-18(2)30-17-26(23(30)20-9-11-22(27)12-10-20)13-15-29(16-14-26)25(32)19(3)28-24(31)21-7-5-4-6-8-21/h4-12,18-19,23H,13-17H2,1-3H3,(H,28,31). The number of likely N-dealkylation sites (tertiary alicyclic amines) is 2. The first-order valence-corrected chi connectivity index (χ1v) is 11.8. The normalized spacial score (nSPS) is 21.3. The van der Waals surface area contributed by atoms with Crippen molar-refractivity contribution < 1.29 is 9.59 Å². The smallest absolute Gasteiger partial charge is 0.251 e. The third-order valence-corrected chi connectivity index (χ3v) is 7.34. The van der Waals surface area contributed by atoms with E-state index < -0.39 is 6.04 Å². The van der Waals surface area contributed by atoms with Crippen molar-refractivity contribution in [3.05, 3.63) is 70.7 Å². The Hall–Kier alpha value is -2.37. The lowest BCUT2D eigenvalue weighted by Gasteiger charge is -2.62. The number of benzene rings is 2. The van der Waals surface area contributed by atoms with Crippen LogP contribution < -0.4 is 5.32 Å². The summed E-state index contributed by atoms with van der Waals surface area (Å²) in [5.41, 5.74) is 2.06. The van der Waals surface area contributed by atoms with Gasteiger partial charge in [-0.3, -0.25) is 14.5 Å². The van der Waals surface area contributed by atoms with Crippen LogP contribution in [0, 0.1) is 5.41 Å². The van der Waals surface area contributed by atoms with Gasteiger partial charge in [0.25, 0.3) is 5.91 Å². The molecule has 2 aromatic carbocycles. The molecule has 0 saturated carbocycles. The van der Waals surface area contributed by atoms with E-state index in [4.69, 9.17) is 11.6 Å². The van der Waals surface area contributed by atoms with Gasteiger partial charge in [-0.05, 0) is 63.4 Å². The van der Waals surface area contributed by atoms with Gasteiger partial charge in [0, 0.05) is 47.7 Å². The van der Waals surface area contributed by atoms with Crippen LogP contribution in [0.4, 0.5) is 0 Å². The van der Waals surface area contributed by atoms with Crippen LogP contribution in [-0.4, -0.2) is 53.3 Å². The Morgan fingerprint density at radius 2 is 1.62 bits per heavy atom. The lowest BCUT2D eigenvalue weighted by molar-refractivity contribution is -0.149. The van der Waals surface area contributed by atoms with Gasteiger partial charge in [0.1, 0.15) is 6.04 Å². The molecule has 1 spiro atoms. The van der Waals surface area contributed by atoms with Gasteiger partial charge in [0.15, 0.2) is 0 Å². The minimum atomic E-state index is -0.544. The second-order valence-electron chi connectivity index (χ2n) is 9.47. The number of carbonyl (C=O) groups is 2. The topological polar surface area (TPSA) is 52.7 Å². The number of hydrogen-bond acceptors (Lipinski definition) is 3. The van der Waals surface area contributed by atoms with E-state index >= 15 is 0 Å². The van der Waals surface area contributed by atoms with Crippen molar-refractivity contribution in [1.29, 1.82) is 0 Å². The van der Waals surface area contributed by atoms with Crippen LogP contribution >= 0.6 is 11.6 Å². The molecule has 2 aromatic rings. The molecule has 2 atom stereocenters. The third-order valence-electron chi connectivity index (χ3n) is 7.08. The minimum Gasteiger partial charge on any atom is -0.341 e. The van der Waals surface area contributed by atoms with E-state index in [0.29, 0.717) is 17.6 Å². The van der Waals surface area contributed by atoms with E-state index in [9.17, 15) is 9.59 Å². The molecule has 0 bridgehead atoms. The fourth-order valence-corrected chi connectivity index (χ4v) is 5.39. The maximum Gasteiger partial charge on any atom is 0.251 e. The molecule has 2 heterocycles. The largest absolute Gasteiger partial charge is 0.341 e. The molecule has 0 aromatic heterocycles. The number of nitrogens with one attached hydrogen (secondary N) is 1. The Kier molecular flexibility index (Phi) is 6.59. The van der Waals surface area contributed by atoms with Crippen LogP contribution in [0.2, 0.25) is 5.02 Å². The van der Waals surface area contributed by atoms with E-state index in [1.807, 2.05) is 35.2 Å². The molecule has 2 amide bonds. The summed E-state index contributed by atoms with van der Waals surface area (Å²) in [4.78, 5) is 29.9. The minimum absolute atomic E-state index is 0.00721. The van der Waals surface area contributed by atoms with Gasteiger partial charge >= 0.3 is 0 Å².